The topological polar surface area (TPSA) is 75.7 Å². The van der Waals surface area contributed by atoms with E-state index in [1.165, 1.54) is 38.1 Å². The summed E-state index contributed by atoms with van der Waals surface area (Å²) in [7, 11) is 2.68. The number of likely N-dealkylation sites (tertiary alicyclic amines) is 1. The molecule has 2 amide bonds. The maximum Gasteiger partial charge on any atom is 0.326 e. The predicted octanol–water partition coefficient (Wildman–Crippen LogP) is 1.37. The number of thioether (sulfide) groups is 1. The Morgan fingerprint density at radius 2 is 2.12 bits per heavy atom. The number of amides is 2. The fraction of sp³-hybridized carbons (Fsp3) is 0.500. The van der Waals surface area contributed by atoms with Gasteiger partial charge in [0.25, 0.3) is 0 Å². The molecule has 0 aliphatic carbocycles. The number of rotatable bonds is 5. The number of nitrogens with zero attached hydrogens (tertiary/aromatic N) is 1. The van der Waals surface area contributed by atoms with Gasteiger partial charge < -0.3 is 4.74 Å². The van der Waals surface area contributed by atoms with E-state index in [-0.39, 0.29) is 5.91 Å². The zero-order valence-corrected chi connectivity index (χ0v) is 15.6. The number of nitrogens with one attached hydrogen (secondary N) is 1. The van der Waals surface area contributed by atoms with Gasteiger partial charge in [-0.25, -0.2) is 4.39 Å². The van der Waals surface area contributed by atoms with Crippen LogP contribution in [0.15, 0.2) is 24.3 Å². The van der Waals surface area contributed by atoms with Gasteiger partial charge in [-0.2, -0.15) is 11.8 Å². The molecule has 2 heterocycles. The summed E-state index contributed by atoms with van der Waals surface area (Å²) in [4.78, 5) is 39.4. The van der Waals surface area contributed by atoms with E-state index in [9.17, 15) is 18.8 Å². The van der Waals surface area contributed by atoms with Crippen LogP contribution in [0.1, 0.15) is 18.0 Å². The number of hydrogen-bond acceptors (Lipinski definition) is 6. The van der Waals surface area contributed by atoms with Crippen LogP contribution in [-0.4, -0.2) is 54.4 Å². The molecule has 1 aromatic rings. The Balaban J connectivity index is 2.13. The van der Waals surface area contributed by atoms with E-state index < -0.39 is 41.1 Å². The Morgan fingerprint density at radius 3 is 2.73 bits per heavy atom. The van der Waals surface area contributed by atoms with Crippen LogP contribution in [0.4, 0.5) is 4.39 Å². The Bertz CT molecular complexity index is 758. The summed E-state index contributed by atoms with van der Waals surface area (Å²) in [5, 5.41) is 3.19. The van der Waals surface area contributed by atoms with Crippen molar-refractivity contribution >= 4 is 29.5 Å². The molecule has 8 heteroatoms. The van der Waals surface area contributed by atoms with Crippen molar-refractivity contribution < 1.29 is 23.5 Å². The van der Waals surface area contributed by atoms with Gasteiger partial charge in [0.2, 0.25) is 11.8 Å². The highest BCUT2D eigenvalue weighted by atomic mass is 32.2. The fourth-order valence-corrected chi connectivity index (χ4v) is 4.62. The minimum atomic E-state index is -1.31. The van der Waals surface area contributed by atoms with Crippen LogP contribution in [0, 0.1) is 17.7 Å². The molecule has 140 valence electrons. The largest absolute Gasteiger partial charge is 0.468 e. The molecule has 4 atom stereocenters. The second-order valence-electron chi connectivity index (χ2n) is 6.62. The second kappa shape index (κ2) is 7.00. The highest BCUT2D eigenvalue weighted by molar-refractivity contribution is 7.98. The number of methoxy groups -OCH3 is 1. The van der Waals surface area contributed by atoms with E-state index in [4.69, 9.17) is 4.74 Å². The summed E-state index contributed by atoms with van der Waals surface area (Å²) in [5.74, 6) is -2.81. The molecule has 6 nitrogen and oxygen atoms in total. The number of benzene rings is 1. The van der Waals surface area contributed by atoms with E-state index in [0.717, 1.165) is 4.90 Å². The highest BCUT2D eigenvalue weighted by Crippen LogP contribution is 2.50. The molecule has 2 saturated heterocycles. The van der Waals surface area contributed by atoms with Gasteiger partial charge in [0.15, 0.2) is 0 Å². The third kappa shape index (κ3) is 2.72. The van der Waals surface area contributed by atoms with E-state index >= 15 is 0 Å². The SMILES string of the molecule is COC(=O)[C@]1(CCSC)N[C@@H](c2cccc(F)c2)[C@@H]2C(=O)N(C)C(=O)[C@H]21. The zero-order valence-electron chi connectivity index (χ0n) is 14.8. The number of ether oxygens (including phenoxy) is 1. The second-order valence-corrected chi connectivity index (χ2v) is 7.61. The molecule has 1 aromatic carbocycles. The van der Waals surface area contributed by atoms with Crippen molar-refractivity contribution in [3.8, 4) is 0 Å². The molecule has 2 fully saturated rings. The summed E-state index contributed by atoms with van der Waals surface area (Å²) in [6.07, 6.45) is 2.23. The molecule has 26 heavy (non-hydrogen) atoms. The van der Waals surface area contributed by atoms with Crippen LogP contribution in [-0.2, 0) is 19.1 Å². The Kier molecular flexibility index (Phi) is 5.07. The maximum atomic E-state index is 13.7. The quantitative estimate of drug-likeness (QED) is 0.614. The number of carbonyl (C=O) groups is 3. The minimum absolute atomic E-state index is 0.334. The Hall–Kier alpha value is -1.93. The fourth-order valence-electron chi connectivity index (χ4n) is 4.10. The molecule has 0 saturated carbocycles. The minimum Gasteiger partial charge on any atom is -0.468 e. The van der Waals surface area contributed by atoms with Crippen LogP contribution in [0.5, 0.6) is 0 Å². The number of carbonyl (C=O) groups excluding carboxylic acids is 3. The van der Waals surface area contributed by atoms with Crippen LogP contribution >= 0.6 is 11.8 Å². The van der Waals surface area contributed by atoms with Gasteiger partial charge in [-0.1, -0.05) is 12.1 Å². The molecule has 3 rings (SSSR count). The lowest BCUT2D eigenvalue weighted by atomic mass is 9.78. The predicted molar refractivity (Wildman–Crippen MR) is 94.8 cm³/mol. The lowest BCUT2D eigenvalue weighted by molar-refractivity contribution is -0.154. The third-order valence-corrected chi connectivity index (χ3v) is 5.94. The first-order chi connectivity index (χ1) is 12.4. The molecule has 0 radical (unpaired) electrons. The zero-order chi connectivity index (χ0) is 19.1. The smallest absolute Gasteiger partial charge is 0.326 e. The van der Waals surface area contributed by atoms with E-state index in [0.29, 0.717) is 17.7 Å². The average molecular weight is 380 g/mol. The summed E-state index contributed by atoms with van der Waals surface area (Å²) < 4.78 is 18.8. The highest BCUT2D eigenvalue weighted by Gasteiger charge is 2.67. The first kappa shape index (κ1) is 18.8. The Labute approximate surface area is 155 Å². The lowest BCUT2D eigenvalue weighted by Gasteiger charge is -2.32. The van der Waals surface area contributed by atoms with E-state index in [1.54, 1.807) is 12.1 Å². The van der Waals surface area contributed by atoms with Gasteiger partial charge in [-0.3, -0.25) is 24.6 Å². The first-order valence-corrected chi connectivity index (χ1v) is 9.68. The van der Waals surface area contributed by atoms with E-state index in [1.807, 2.05) is 6.26 Å². The number of imide groups is 1. The molecule has 2 aliphatic heterocycles. The van der Waals surface area contributed by atoms with Crippen molar-refractivity contribution in [2.75, 3.05) is 26.2 Å². The molecular formula is C18H21FN2O4S. The van der Waals surface area contributed by atoms with Gasteiger partial charge in [0.05, 0.1) is 18.9 Å². The molecule has 2 aliphatic rings. The number of hydrogen-bond donors (Lipinski definition) is 1. The van der Waals surface area contributed by atoms with Crippen molar-refractivity contribution in [3.05, 3.63) is 35.6 Å². The van der Waals surface area contributed by atoms with Crippen molar-refractivity contribution in [3.63, 3.8) is 0 Å². The normalized spacial score (nSPS) is 30.6. The summed E-state index contributed by atoms with van der Waals surface area (Å²) in [5.41, 5.74) is -0.775. The molecule has 0 aromatic heterocycles. The number of esters is 1. The molecule has 0 spiro atoms. The number of fused-ring (bicyclic) bond motifs is 1. The standard InChI is InChI=1S/C18H21FN2O4S/c1-21-15(22)12-13(16(21)23)18(7-8-26-3,17(24)25-2)20-14(12)10-5-4-6-11(19)9-10/h4-6,9,12-14,20H,7-8H2,1-3H3/t12-,13+,14+,18-/m1/s1. The number of halogens is 1. The molecule has 0 bridgehead atoms. The van der Waals surface area contributed by atoms with E-state index in [2.05, 4.69) is 5.32 Å². The lowest BCUT2D eigenvalue weighted by Crippen LogP contribution is -2.56. The summed E-state index contributed by atoms with van der Waals surface area (Å²) in [6, 6.07) is 5.23. The van der Waals surface area contributed by atoms with Gasteiger partial charge in [-0.15, -0.1) is 0 Å². The third-order valence-electron chi connectivity index (χ3n) is 5.33. The van der Waals surface area contributed by atoms with Crippen LogP contribution in [0.3, 0.4) is 0 Å². The average Bonchev–Trinajstić information content (AvgIpc) is 3.10. The maximum absolute atomic E-state index is 13.7. The molecule has 1 N–H and O–H groups in total. The molecule has 0 unspecified atom stereocenters. The van der Waals surface area contributed by atoms with Gasteiger partial charge in [0.1, 0.15) is 11.4 Å². The Morgan fingerprint density at radius 1 is 1.38 bits per heavy atom. The van der Waals surface area contributed by atoms with Gasteiger partial charge >= 0.3 is 5.97 Å². The van der Waals surface area contributed by atoms with Crippen LogP contribution in [0.25, 0.3) is 0 Å². The van der Waals surface area contributed by atoms with Crippen LogP contribution in [0.2, 0.25) is 0 Å². The van der Waals surface area contributed by atoms with Crippen LogP contribution < -0.4 is 5.32 Å². The molecular weight excluding hydrogens is 359 g/mol. The first-order valence-electron chi connectivity index (χ1n) is 8.29. The monoisotopic (exact) mass is 380 g/mol. The van der Waals surface area contributed by atoms with Gasteiger partial charge in [-0.05, 0) is 36.1 Å². The summed E-state index contributed by atoms with van der Waals surface area (Å²) in [6.45, 7) is 0. The van der Waals surface area contributed by atoms with Crippen molar-refractivity contribution in [1.29, 1.82) is 0 Å². The summed E-state index contributed by atoms with van der Waals surface area (Å²) >= 11 is 1.53. The van der Waals surface area contributed by atoms with Gasteiger partial charge in [0, 0.05) is 13.1 Å². The van der Waals surface area contributed by atoms with Crippen molar-refractivity contribution in [1.82, 2.24) is 10.2 Å². The van der Waals surface area contributed by atoms with Crippen molar-refractivity contribution in [2.45, 2.75) is 18.0 Å². The van der Waals surface area contributed by atoms with Crippen molar-refractivity contribution in [2.24, 2.45) is 11.8 Å².